The number of carbonyl (C=O) groups is 1. The second-order valence-corrected chi connectivity index (χ2v) is 9.65. The normalized spacial score (nSPS) is 24.3. The third-order valence-corrected chi connectivity index (χ3v) is 7.50. The van der Waals surface area contributed by atoms with Crippen LogP contribution in [-0.4, -0.2) is 76.7 Å². The van der Waals surface area contributed by atoms with E-state index >= 15 is 0 Å². The number of likely N-dealkylation sites (tertiary alicyclic amines) is 1. The maximum Gasteiger partial charge on any atom is 0.226 e. The van der Waals surface area contributed by atoms with E-state index in [2.05, 4.69) is 26.8 Å². The van der Waals surface area contributed by atoms with Gasteiger partial charge >= 0.3 is 0 Å². The average Bonchev–Trinajstić information content (AvgIpc) is 3.36. The standard InChI is InChI=1S/C24H32FN5O/c1-27-9-2-10-29(14-13-27)23(31)22-15-24(22)7-11-28(12-8-24)17-19-16-26-30(18-19)21-5-3-20(25)4-6-21/h3-6,16,18,22H,2,7-15,17H2,1H3. The molecule has 31 heavy (non-hydrogen) atoms. The lowest BCUT2D eigenvalue weighted by Crippen LogP contribution is -2.39. The molecular weight excluding hydrogens is 393 g/mol. The molecule has 1 aromatic carbocycles. The highest BCUT2D eigenvalue weighted by molar-refractivity contribution is 5.82. The van der Waals surface area contributed by atoms with Crippen molar-refractivity contribution in [3.63, 3.8) is 0 Å². The van der Waals surface area contributed by atoms with E-state index in [1.54, 1.807) is 16.8 Å². The lowest BCUT2D eigenvalue weighted by Gasteiger charge is -2.33. The van der Waals surface area contributed by atoms with Crippen LogP contribution in [0.2, 0.25) is 0 Å². The molecule has 1 saturated carbocycles. The highest BCUT2D eigenvalue weighted by Gasteiger charge is 2.59. The third-order valence-electron chi connectivity index (χ3n) is 7.50. The maximum absolute atomic E-state index is 13.1. The van der Waals surface area contributed by atoms with Crippen LogP contribution in [0.15, 0.2) is 36.7 Å². The summed E-state index contributed by atoms with van der Waals surface area (Å²) in [6.07, 6.45) is 8.31. The Bertz CT molecular complexity index is 918. The van der Waals surface area contributed by atoms with E-state index < -0.39 is 0 Å². The fourth-order valence-electron chi connectivity index (χ4n) is 5.33. The second kappa shape index (κ2) is 8.36. The van der Waals surface area contributed by atoms with Crippen LogP contribution in [0.4, 0.5) is 4.39 Å². The molecule has 1 amide bonds. The summed E-state index contributed by atoms with van der Waals surface area (Å²) in [5.74, 6) is 0.419. The van der Waals surface area contributed by atoms with E-state index in [0.717, 1.165) is 82.7 Å². The molecule has 1 aromatic heterocycles. The summed E-state index contributed by atoms with van der Waals surface area (Å²) in [5, 5.41) is 4.44. The van der Waals surface area contributed by atoms with Gasteiger partial charge in [0.1, 0.15) is 5.82 Å². The first-order valence-corrected chi connectivity index (χ1v) is 11.5. The van der Waals surface area contributed by atoms with Gasteiger partial charge in [0.15, 0.2) is 0 Å². The van der Waals surface area contributed by atoms with Crippen LogP contribution < -0.4 is 0 Å². The van der Waals surface area contributed by atoms with Crippen molar-refractivity contribution >= 4 is 5.91 Å². The SMILES string of the molecule is CN1CCCN(C(=O)C2CC23CCN(Cc2cnn(-c4ccc(F)cc4)c2)CC3)CC1. The summed E-state index contributed by atoms with van der Waals surface area (Å²) >= 11 is 0. The Morgan fingerprint density at radius 1 is 1.10 bits per heavy atom. The smallest absolute Gasteiger partial charge is 0.226 e. The van der Waals surface area contributed by atoms with E-state index in [0.29, 0.717) is 5.91 Å². The quantitative estimate of drug-likeness (QED) is 0.756. The molecule has 0 bridgehead atoms. The zero-order valence-electron chi connectivity index (χ0n) is 18.3. The molecule has 1 atom stereocenters. The molecule has 0 radical (unpaired) electrons. The molecule has 166 valence electrons. The van der Waals surface area contributed by atoms with Gasteiger partial charge in [-0.3, -0.25) is 9.69 Å². The van der Waals surface area contributed by atoms with Crippen molar-refractivity contribution in [3.8, 4) is 5.69 Å². The van der Waals surface area contributed by atoms with Gasteiger partial charge in [-0.15, -0.1) is 0 Å². The number of likely N-dealkylation sites (N-methyl/N-ethyl adjacent to an activating group) is 1. The van der Waals surface area contributed by atoms with Crippen molar-refractivity contribution in [3.05, 3.63) is 48.0 Å². The Morgan fingerprint density at radius 2 is 1.87 bits per heavy atom. The van der Waals surface area contributed by atoms with Crippen LogP contribution in [0.25, 0.3) is 5.69 Å². The zero-order valence-corrected chi connectivity index (χ0v) is 18.3. The van der Waals surface area contributed by atoms with Gasteiger partial charge in [0, 0.05) is 43.9 Å². The predicted molar refractivity (Wildman–Crippen MR) is 117 cm³/mol. The molecule has 2 aromatic rings. The predicted octanol–water partition coefficient (Wildman–Crippen LogP) is 2.78. The molecular formula is C24H32FN5O. The van der Waals surface area contributed by atoms with Gasteiger partial charge in [-0.25, -0.2) is 9.07 Å². The van der Waals surface area contributed by atoms with Gasteiger partial charge < -0.3 is 9.80 Å². The molecule has 2 aliphatic heterocycles. The van der Waals surface area contributed by atoms with E-state index in [-0.39, 0.29) is 17.2 Å². The van der Waals surface area contributed by atoms with Gasteiger partial charge in [-0.05, 0) is 82.0 Å². The Morgan fingerprint density at radius 3 is 2.65 bits per heavy atom. The van der Waals surface area contributed by atoms with Gasteiger partial charge in [0.05, 0.1) is 11.9 Å². The maximum atomic E-state index is 13.1. The highest BCUT2D eigenvalue weighted by Crippen LogP contribution is 2.60. The molecule has 6 nitrogen and oxygen atoms in total. The summed E-state index contributed by atoms with van der Waals surface area (Å²) in [6, 6.07) is 6.39. The summed E-state index contributed by atoms with van der Waals surface area (Å²) < 4.78 is 14.9. The number of nitrogens with zero attached hydrogens (tertiary/aromatic N) is 5. The van der Waals surface area contributed by atoms with E-state index in [1.165, 1.54) is 12.1 Å². The molecule has 3 aliphatic rings. The number of halogens is 1. The van der Waals surface area contributed by atoms with Crippen molar-refractivity contribution in [2.45, 2.75) is 32.2 Å². The Labute approximate surface area is 183 Å². The minimum absolute atomic E-state index is 0.238. The molecule has 2 saturated heterocycles. The van der Waals surface area contributed by atoms with E-state index in [1.807, 2.05) is 12.4 Å². The van der Waals surface area contributed by atoms with Crippen LogP contribution in [0.5, 0.6) is 0 Å². The number of benzene rings is 1. The highest BCUT2D eigenvalue weighted by atomic mass is 19.1. The molecule has 1 aliphatic carbocycles. The van der Waals surface area contributed by atoms with Crippen molar-refractivity contribution in [1.82, 2.24) is 24.5 Å². The first kappa shape index (κ1) is 20.6. The number of rotatable bonds is 4. The van der Waals surface area contributed by atoms with Crippen LogP contribution in [0.1, 0.15) is 31.2 Å². The molecule has 0 N–H and O–H groups in total. The average molecular weight is 426 g/mol. The summed E-state index contributed by atoms with van der Waals surface area (Å²) in [7, 11) is 2.14. The van der Waals surface area contributed by atoms with E-state index in [9.17, 15) is 9.18 Å². The number of hydrogen-bond donors (Lipinski definition) is 0. The van der Waals surface area contributed by atoms with E-state index in [4.69, 9.17) is 0 Å². The number of carbonyl (C=O) groups excluding carboxylic acids is 1. The summed E-state index contributed by atoms with van der Waals surface area (Å²) in [6.45, 7) is 6.82. The molecule has 1 unspecified atom stereocenters. The lowest BCUT2D eigenvalue weighted by atomic mass is 9.90. The first-order chi connectivity index (χ1) is 15.0. The fraction of sp³-hybridized carbons (Fsp3) is 0.583. The fourth-order valence-corrected chi connectivity index (χ4v) is 5.33. The third kappa shape index (κ3) is 4.39. The molecule has 5 rings (SSSR count). The Balaban J connectivity index is 1.13. The van der Waals surface area contributed by atoms with Crippen molar-refractivity contribution in [2.75, 3.05) is 46.3 Å². The topological polar surface area (TPSA) is 44.6 Å². The van der Waals surface area contributed by atoms with Crippen LogP contribution in [0, 0.1) is 17.2 Å². The van der Waals surface area contributed by atoms with Crippen molar-refractivity contribution in [1.29, 1.82) is 0 Å². The van der Waals surface area contributed by atoms with Gasteiger partial charge in [0.2, 0.25) is 5.91 Å². The molecule has 1 spiro atoms. The minimum atomic E-state index is -0.238. The number of piperidine rings is 1. The first-order valence-electron chi connectivity index (χ1n) is 11.5. The van der Waals surface area contributed by atoms with Crippen LogP contribution in [-0.2, 0) is 11.3 Å². The number of aromatic nitrogens is 2. The Kier molecular flexibility index (Phi) is 5.56. The summed E-state index contributed by atoms with van der Waals surface area (Å²) in [4.78, 5) is 20.0. The minimum Gasteiger partial charge on any atom is -0.341 e. The number of amides is 1. The zero-order chi connectivity index (χ0) is 21.4. The number of hydrogen-bond acceptors (Lipinski definition) is 4. The lowest BCUT2D eigenvalue weighted by molar-refractivity contribution is -0.133. The van der Waals surface area contributed by atoms with Gasteiger partial charge in [-0.1, -0.05) is 0 Å². The molecule has 3 fully saturated rings. The molecule has 3 heterocycles. The van der Waals surface area contributed by atoms with Gasteiger partial charge in [0.25, 0.3) is 0 Å². The second-order valence-electron chi connectivity index (χ2n) is 9.65. The van der Waals surface area contributed by atoms with Crippen LogP contribution in [0.3, 0.4) is 0 Å². The van der Waals surface area contributed by atoms with Crippen LogP contribution >= 0.6 is 0 Å². The largest absolute Gasteiger partial charge is 0.341 e. The molecule has 7 heteroatoms. The van der Waals surface area contributed by atoms with Crippen molar-refractivity contribution in [2.24, 2.45) is 11.3 Å². The Hall–Kier alpha value is -2.25. The van der Waals surface area contributed by atoms with Gasteiger partial charge in [-0.2, -0.15) is 5.10 Å². The summed E-state index contributed by atoms with van der Waals surface area (Å²) in [5.41, 5.74) is 2.28. The monoisotopic (exact) mass is 425 g/mol. The van der Waals surface area contributed by atoms with Crippen molar-refractivity contribution < 1.29 is 9.18 Å².